The van der Waals surface area contributed by atoms with Crippen molar-refractivity contribution in [3.05, 3.63) is 42.2 Å². The molecule has 3 rings (SSSR count). The molecule has 27 heavy (non-hydrogen) atoms. The van der Waals surface area contributed by atoms with E-state index < -0.39 is 12.1 Å². The smallest absolute Gasteiger partial charge is 0.226 e. The maximum Gasteiger partial charge on any atom is 0.226 e. The molecule has 0 spiro atoms. The number of hydrogen-bond donors (Lipinski definition) is 2. The van der Waals surface area contributed by atoms with Crippen molar-refractivity contribution in [3.8, 4) is 0 Å². The lowest BCUT2D eigenvalue weighted by Gasteiger charge is -2.33. The summed E-state index contributed by atoms with van der Waals surface area (Å²) >= 11 is 0. The number of aliphatic hydroxyl groups is 1. The van der Waals surface area contributed by atoms with Gasteiger partial charge in [-0.15, -0.1) is 0 Å². The number of nitrogens with one attached hydrogen (secondary N) is 1. The van der Waals surface area contributed by atoms with Gasteiger partial charge in [0.15, 0.2) is 0 Å². The van der Waals surface area contributed by atoms with E-state index in [4.69, 9.17) is 4.74 Å². The second-order valence-corrected chi connectivity index (χ2v) is 7.02. The van der Waals surface area contributed by atoms with Crippen LogP contribution in [0.25, 0.3) is 0 Å². The fourth-order valence-corrected chi connectivity index (χ4v) is 3.48. The quantitative estimate of drug-likeness (QED) is 0.721. The summed E-state index contributed by atoms with van der Waals surface area (Å²) in [6, 6.07) is 5.00. The summed E-state index contributed by atoms with van der Waals surface area (Å²) in [5, 5.41) is 12.5. The van der Waals surface area contributed by atoms with Gasteiger partial charge in [0.05, 0.1) is 31.6 Å². The van der Waals surface area contributed by atoms with Crippen molar-refractivity contribution in [1.29, 1.82) is 0 Å². The predicted octanol–water partition coefficient (Wildman–Crippen LogP) is 0.827. The summed E-state index contributed by atoms with van der Waals surface area (Å²) in [5.41, 5.74) is 0.682. The second kappa shape index (κ2) is 9.62. The van der Waals surface area contributed by atoms with Crippen molar-refractivity contribution < 1.29 is 19.4 Å². The lowest BCUT2D eigenvalue weighted by atomic mass is 10.0. The van der Waals surface area contributed by atoms with Crippen LogP contribution in [0.4, 0.5) is 0 Å². The monoisotopic (exact) mass is 373 g/mol. The van der Waals surface area contributed by atoms with Crippen LogP contribution in [0.15, 0.2) is 36.5 Å². The molecule has 1 saturated heterocycles. The Bertz CT molecular complexity index is 658. The van der Waals surface area contributed by atoms with Gasteiger partial charge in [0, 0.05) is 25.0 Å². The Balaban J connectivity index is 1.52. The van der Waals surface area contributed by atoms with Crippen molar-refractivity contribution in [3.63, 3.8) is 0 Å². The van der Waals surface area contributed by atoms with Crippen molar-refractivity contribution in [2.24, 2.45) is 0 Å². The van der Waals surface area contributed by atoms with E-state index in [-0.39, 0.29) is 37.4 Å². The van der Waals surface area contributed by atoms with Crippen LogP contribution >= 0.6 is 0 Å². The predicted molar refractivity (Wildman–Crippen MR) is 99.8 cm³/mol. The number of hydrogen-bond acceptors (Lipinski definition) is 5. The van der Waals surface area contributed by atoms with Crippen LogP contribution in [-0.4, -0.2) is 64.8 Å². The SMILES string of the molecule is O=C(Cc1ccccn1)N[C@H]1C=C[C@H](CC(=O)N2CCCCC2)O[C@@H]1CO. The lowest BCUT2D eigenvalue weighted by Crippen LogP contribution is -2.49. The first-order valence-corrected chi connectivity index (χ1v) is 9.57. The molecule has 0 aliphatic carbocycles. The molecule has 3 heterocycles. The molecular formula is C20H27N3O4. The van der Waals surface area contributed by atoms with E-state index in [0.717, 1.165) is 25.9 Å². The zero-order chi connectivity index (χ0) is 19.1. The Labute approximate surface area is 159 Å². The minimum Gasteiger partial charge on any atom is -0.394 e. The number of carbonyl (C=O) groups is 2. The van der Waals surface area contributed by atoms with Gasteiger partial charge in [-0.25, -0.2) is 0 Å². The molecule has 7 heteroatoms. The number of amides is 2. The molecule has 2 amide bonds. The molecule has 7 nitrogen and oxygen atoms in total. The lowest BCUT2D eigenvalue weighted by molar-refractivity contribution is -0.137. The van der Waals surface area contributed by atoms with Crippen LogP contribution in [0.2, 0.25) is 0 Å². The number of carbonyl (C=O) groups excluding carboxylic acids is 2. The molecule has 0 radical (unpaired) electrons. The highest BCUT2D eigenvalue weighted by molar-refractivity contribution is 5.79. The van der Waals surface area contributed by atoms with E-state index in [1.807, 2.05) is 17.0 Å². The minimum atomic E-state index is -0.568. The normalized spacial score (nSPS) is 25.2. The fourth-order valence-electron chi connectivity index (χ4n) is 3.48. The van der Waals surface area contributed by atoms with Gasteiger partial charge in [-0.1, -0.05) is 18.2 Å². The third-order valence-electron chi connectivity index (χ3n) is 4.94. The molecule has 146 valence electrons. The number of piperidine rings is 1. The molecule has 0 unspecified atom stereocenters. The number of aliphatic hydroxyl groups excluding tert-OH is 1. The number of nitrogens with zero attached hydrogens (tertiary/aromatic N) is 2. The van der Waals surface area contributed by atoms with E-state index in [1.165, 1.54) is 6.42 Å². The van der Waals surface area contributed by atoms with E-state index >= 15 is 0 Å². The molecular weight excluding hydrogens is 346 g/mol. The molecule has 1 fully saturated rings. The number of aromatic nitrogens is 1. The van der Waals surface area contributed by atoms with E-state index in [2.05, 4.69) is 10.3 Å². The summed E-state index contributed by atoms with van der Waals surface area (Å²) in [6.45, 7) is 1.39. The van der Waals surface area contributed by atoms with Crippen LogP contribution < -0.4 is 5.32 Å². The summed E-state index contributed by atoms with van der Waals surface area (Å²) < 4.78 is 5.85. The molecule has 2 aliphatic rings. The Hall–Kier alpha value is -2.25. The number of likely N-dealkylation sites (tertiary alicyclic amines) is 1. The minimum absolute atomic E-state index is 0.0821. The molecule has 1 aromatic rings. The van der Waals surface area contributed by atoms with Crippen LogP contribution in [0.1, 0.15) is 31.4 Å². The van der Waals surface area contributed by atoms with Gasteiger partial charge in [-0.3, -0.25) is 14.6 Å². The first-order chi connectivity index (χ1) is 13.2. The Morgan fingerprint density at radius 2 is 2.04 bits per heavy atom. The van der Waals surface area contributed by atoms with E-state index in [9.17, 15) is 14.7 Å². The van der Waals surface area contributed by atoms with E-state index in [1.54, 1.807) is 24.4 Å². The maximum atomic E-state index is 12.4. The van der Waals surface area contributed by atoms with Gasteiger partial charge < -0.3 is 20.1 Å². The average Bonchev–Trinajstić information content (AvgIpc) is 2.70. The second-order valence-electron chi connectivity index (χ2n) is 7.02. The molecule has 0 aromatic carbocycles. The van der Waals surface area contributed by atoms with Crippen LogP contribution in [-0.2, 0) is 20.7 Å². The van der Waals surface area contributed by atoms with Gasteiger partial charge in [-0.2, -0.15) is 0 Å². The third kappa shape index (κ3) is 5.61. The highest BCUT2D eigenvalue weighted by atomic mass is 16.5. The number of pyridine rings is 1. The zero-order valence-corrected chi connectivity index (χ0v) is 15.4. The van der Waals surface area contributed by atoms with E-state index in [0.29, 0.717) is 5.69 Å². The van der Waals surface area contributed by atoms with Crippen molar-refractivity contribution in [2.45, 2.75) is 50.4 Å². The van der Waals surface area contributed by atoms with Crippen LogP contribution in [0, 0.1) is 0 Å². The first kappa shape index (κ1) is 19.5. The standard InChI is InChI=1S/C20H27N3O4/c24-14-18-17(22-19(25)12-15-6-2-3-9-21-15)8-7-16(27-18)13-20(26)23-10-4-1-5-11-23/h2-3,6-9,16-18,24H,1,4-5,10-14H2,(H,22,25)/t16-,17+,18-/m1/s1. The van der Waals surface area contributed by atoms with Crippen molar-refractivity contribution in [1.82, 2.24) is 15.2 Å². The molecule has 2 aliphatic heterocycles. The Kier molecular flexibility index (Phi) is 6.95. The third-order valence-corrected chi connectivity index (χ3v) is 4.94. The largest absolute Gasteiger partial charge is 0.394 e. The number of rotatable bonds is 6. The summed E-state index contributed by atoms with van der Waals surface area (Å²) in [7, 11) is 0. The average molecular weight is 373 g/mol. The van der Waals surface area contributed by atoms with Gasteiger partial charge in [0.1, 0.15) is 6.10 Å². The topological polar surface area (TPSA) is 91.8 Å². The Morgan fingerprint density at radius 1 is 1.22 bits per heavy atom. The molecule has 3 atom stereocenters. The Morgan fingerprint density at radius 3 is 2.74 bits per heavy atom. The summed E-state index contributed by atoms with van der Waals surface area (Å²) in [4.78, 5) is 30.6. The van der Waals surface area contributed by atoms with Gasteiger partial charge in [-0.05, 0) is 31.4 Å². The van der Waals surface area contributed by atoms with Crippen LogP contribution in [0.3, 0.4) is 0 Å². The highest BCUT2D eigenvalue weighted by Gasteiger charge is 2.30. The zero-order valence-electron chi connectivity index (χ0n) is 15.4. The maximum absolute atomic E-state index is 12.4. The van der Waals surface area contributed by atoms with Gasteiger partial charge >= 0.3 is 0 Å². The summed E-state index contributed by atoms with van der Waals surface area (Å²) in [5.74, 6) is -0.105. The van der Waals surface area contributed by atoms with Crippen LogP contribution in [0.5, 0.6) is 0 Å². The van der Waals surface area contributed by atoms with Crippen molar-refractivity contribution in [2.75, 3.05) is 19.7 Å². The molecule has 1 aromatic heterocycles. The highest BCUT2D eigenvalue weighted by Crippen LogP contribution is 2.18. The molecule has 2 N–H and O–H groups in total. The molecule has 0 saturated carbocycles. The summed E-state index contributed by atoms with van der Waals surface area (Å²) in [6.07, 6.45) is 8.04. The number of ether oxygens (including phenoxy) is 1. The molecule has 0 bridgehead atoms. The first-order valence-electron chi connectivity index (χ1n) is 9.57. The van der Waals surface area contributed by atoms with Crippen molar-refractivity contribution >= 4 is 11.8 Å². The fraction of sp³-hybridized carbons (Fsp3) is 0.550. The van der Waals surface area contributed by atoms with Gasteiger partial charge in [0.25, 0.3) is 0 Å². The van der Waals surface area contributed by atoms with Gasteiger partial charge in [0.2, 0.25) is 11.8 Å².